The van der Waals surface area contributed by atoms with Gasteiger partial charge in [-0.1, -0.05) is 311 Å². The second-order valence-corrected chi connectivity index (χ2v) is 28.9. The van der Waals surface area contributed by atoms with Crippen LogP contribution in [0.15, 0.2) is 72.9 Å². The third-order valence-corrected chi connectivity index (χ3v) is 20.0. The molecule has 3 aliphatic heterocycles. The summed E-state index contributed by atoms with van der Waals surface area (Å²) in [4.78, 5) is 13.5. The number of amides is 1. The van der Waals surface area contributed by atoms with Crippen LogP contribution in [0.5, 0.6) is 0 Å². The molecular formula is C82H147NO18. The monoisotopic (exact) mass is 1430 g/mol. The fourth-order valence-corrected chi connectivity index (χ4v) is 13.6. The highest BCUT2D eigenvalue weighted by Gasteiger charge is 2.54. The van der Waals surface area contributed by atoms with E-state index in [1.54, 1.807) is 0 Å². The van der Waals surface area contributed by atoms with E-state index in [2.05, 4.69) is 92.1 Å². The molecule has 19 heteroatoms. The molecule has 19 nitrogen and oxygen atoms in total. The van der Waals surface area contributed by atoms with Crippen molar-refractivity contribution in [2.24, 2.45) is 0 Å². The van der Waals surface area contributed by atoms with Gasteiger partial charge in [-0.05, 0) is 64.2 Å². The van der Waals surface area contributed by atoms with E-state index in [1.807, 2.05) is 0 Å². The number of hydrogen-bond acceptors (Lipinski definition) is 18. The van der Waals surface area contributed by atoms with Crippen LogP contribution in [0.3, 0.4) is 0 Å². The maximum absolute atomic E-state index is 13.5. The van der Waals surface area contributed by atoms with E-state index in [4.69, 9.17) is 28.4 Å². The first-order valence-corrected chi connectivity index (χ1v) is 40.7. The number of carbonyl (C=O) groups excluding carboxylic acids is 1. The van der Waals surface area contributed by atoms with E-state index < -0.39 is 124 Å². The molecule has 12 N–H and O–H groups in total. The topological polar surface area (TPSA) is 307 Å². The summed E-state index contributed by atoms with van der Waals surface area (Å²) in [5.41, 5.74) is 0. The Morgan fingerprint density at radius 1 is 0.366 bits per heavy atom. The molecule has 17 unspecified atom stereocenters. The predicted octanol–water partition coefficient (Wildman–Crippen LogP) is 13.6. The van der Waals surface area contributed by atoms with Gasteiger partial charge in [-0.25, -0.2) is 0 Å². The Hall–Kier alpha value is -2.77. The van der Waals surface area contributed by atoms with Crippen LogP contribution in [0.2, 0.25) is 0 Å². The molecule has 0 spiro atoms. The van der Waals surface area contributed by atoms with Gasteiger partial charge in [-0.2, -0.15) is 0 Å². The van der Waals surface area contributed by atoms with E-state index in [0.29, 0.717) is 12.8 Å². The molecule has 3 saturated heterocycles. The Bertz CT molecular complexity index is 2110. The Morgan fingerprint density at radius 3 is 1.07 bits per heavy atom. The number of ether oxygens (including phenoxy) is 6. The Balaban J connectivity index is 1.37. The van der Waals surface area contributed by atoms with Crippen LogP contribution in [0.4, 0.5) is 0 Å². The summed E-state index contributed by atoms with van der Waals surface area (Å²) in [6, 6.07) is -0.902. The number of nitrogens with one attached hydrogen (secondary N) is 1. The first-order chi connectivity index (χ1) is 49.3. The molecule has 0 radical (unpaired) electrons. The third kappa shape index (κ3) is 42.4. The fraction of sp³-hybridized carbons (Fsp3) is 0.841. The minimum atomic E-state index is -1.98. The molecule has 1 amide bonds. The van der Waals surface area contributed by atoms with Gasteiger partial charge in [0.05, 0.1) is 38.6 Å². The van der Waals surface area contributed by atoms with Crippen LogP contribution in [-0.2, 0) is 33.2 Å². The summed E-state index contributed by atoms with van der Waals surface area (Å²) in [6.45, 7) is 1.71. The van der Waals surface area contributed by atoms with Crippen molar-refractivity contribution in [3.8, 4) is 0 Å². The number of carbonyl (C=O) groups is 1. The van der Waals surface area contributed by atoms with Crippen molar-refractivity contribution < 1.29 is 89.4 Å². The van der Waals surface area contributed by atoms with E-state index in [9.17, 15) is 61.0 Å². The lowest BCUT2D eigenvalue weighted by Gasteiger charge is -2.48. The van der Waals surface area contributed by atoms with Gasteiger partial charge in [0, 0.05) is 6.42 Å². The van der Waals surface area contributed by atoms with Crippen LogP contribution in [0.1, 0.15) is 309 Å². The smallest absolute Gasteiger partial charge is 0.220 e. The molecule has 0 bridgehead atoms. The molecule has 3 fully saturated rings. The number of allylic oxidation sites excluding steroid dienone is 12. The zero-order valence-corrected chi connectivity index (χ0v) is 62.9. The van der Waals surface area contributed by atoms with Gasteiger partial charge in [0.25, 0.3) is 0 Å². The van der Waals surface area contributed by atoms with Crippen LogP contribution < -0.4 is 5.32 Å². The highest BCUT2D eigenvalue weighted by Crippen LogP contribution is 2.33. The largest absolute Gasteiger partial charge is 0.394 e. The molecule has 3 heterocycles. The predicted molar refractivity (Wildman–Crippen MR) is 401 cm³/mol. The van der Waals surface area contributed by atoms with Gasteiger partial charge in [0.1, 0.15) is 73.2 Å². The number of hydrogen-bond donors (Lipinski definition) is 12. The van der Waals surface area contributed by atoms with Crippen molar-refractivity contribution >= 4 is 5.91 Å². The average Bonchev–Trinajstić information content (AvgIpc) is 0.782. The second kappa shape index (κ2) is 62.3. The lowest BCUT2D eigenvalue weighted by molar-refractivity contribution is -0.379. The van der Waals surface area contributed by atoms with Crippen molar-refractivity contribution in [2.75, 3.05) is 26.4 Å². The van der Waals surface area contributed by atoms with Gasteiger partial charge in [0.2, 0.25) is 5.91 Å². The number of unbranched alkanes of at least 4 members (excludes halogenated alkanes) is 36. The molecule has 0 aromatic carbocycles. The van der Waals surface area contributed by atoms with Crippen molar-refractivity contribution in [3.05, 3.63) is 72.9 Å². The molecule has 0 aromatic rings. The normalized spacial score (nSPS) is 26.7. The van der Waals surface area contributed by atoms with Crippen molar-refractivity contribution in [2.45, 2.75) is 413 Å². The molecule has 3 rings (SSSR count). The first-order valence-electron chi connectivity index (χ1n) is 40.7. The summed E-state index contributed by atoms with van der Waals surface area (Å²) in [7, 11) is 0. The lowest BCUT2D eigenvalue weighted by atomic mass is 9.96. The minimum absolute atomic E-state index is 0.246. The zero-order valence-electron chi connectivity index (χ0n) is 62.9. The highest BCUT2D eigenvalue weighted by molar-refractivity contribution is 5.76. The lowest BCUT2D eigenvalue weighted by Crippen LogP contribution is -2.66. The van der Waals surface area contributed by atoms with E-state index in [-0.39, 0.29) is 18.9 Å². The minimum Gasteiger partial charge on any atom is -0.394 e. The van der Waals surface area contributed by atoms with Crippen molar-refractivity contribution in [1.29, 1.82) is 0 Å². The summed E-state index contributed by atoms with van der Waals surface area (Å²) in [5.74, 6) is -0.256. The Labute approximate surface area is 610 Å². The summed E-state index contributed by atoms with van der Waals surface area (Å²) in [6.07, 6.45) is 54.2. The van der Waals surface area contributed by atoms with Crippen molar-refractivity contribution in [3.63, 3.8) is 0 Å². The SMILES string of the molecule is CC/C=C\C/C=C\C/C=C\C/C=C\C/C=C\C/C=C\CCCCCCCCC(=O)NC(COC1OC(CO)C(OC2OC(CO)C(OC3OC(CO)C(O)C(O)C3O)C(O)C2O)C(O)C1O)C(O)CCCCCCCCCCCCCCCCCCCCCCCCCCCCCCCCC. The van der Waals surface area contributed by atoms with Crippen molar-refractivity contribution in [1.82, 2.24) is 5.32 Å². The zero-order chi connectivity index (χ0) is 73.2. The van der Waals surface area contributed by atoms with Gasteiger partial charge < -0.3 is 89.9 Å². The molecule has 0 saturated carbocycles. The maximum Gasteiger partial charge on any atom is 0.220 e. The van der Waals surface area contributed by atoms with Crippen LogP contribution in [-0.4, -0.2) is 193 Å². The first kappa shape index (κ1) is 92.4. The molecule has 101 heavy (non-hydrogen) atoms. The van der Waals surface area contributed by atoms with Crippen LogP contribution in [0, 0.1) is 0 Å². The molecular weight excluding hydrogens is 1290 g/mol. The van der Waals surface area contributed by atoms with Crippen LogP contribution in [0.25, 0.3) is 0 Å². The molecule has 588 valence electrons. The number of aliphatic hydroxyl groups excluding tert-OH is 11. The molecule has 3 aliphatic rings. The molecule has 0 aliphatic carbocycles. The number of rotatable bonds is 64. The highest BCUT2D eigenvalue weighted by atomic mass is 16.8. The Kier molecular flexibility index (Phi) is 57.0. The number of aliphatic hydroxyl groups is 11. The quantitative estimate of drug-likeness (QED) is 0.0199. The second-order valence-electron chi connectivity index (χ2n) is 28.9. The van der Waals surface area contributed by atoms with Gasteiger partial charge in [-0.15, -0.1) is 0 Å². The summed E-state index contributed by atoms with van der Waals surface area (Å²) < 4.78 is 34.5. The molecule has 0 aromatic heterocycles. The van der Waals surface area contributed by atoms with Crippen LogP contribution >= 0.6 is 0 Å². The van der Waals surface area contributed by atoms with E-state index >= 15 is 0 Å². The fourth-order valence-electron chi connectivity index (χ4n) is 13.6. The average molecular weight is 1440 g/mol. The summed E-state index contributed by atoms with van der Waals surface area (Å²) >= 11 is 0. The Morgan fingerprint density at radius 2 is 0.683 bits per heavy atom. The van der Waals surface area contributed by atoms with Gasteiger partial charge >= 0.3 is 0 Å². The van der Waals surface area contributed by atoms with E-state index in [1.165, 1.54) is 173 Å². The maximum atomic E-state index is 13.5. The molecule has 17 atom stereocenters. The summed E-state index contributed by atoms with van der Waals surface area (Å²) in [5, 5.41) is 121. The van der Waals surface area contributed by atoms with E-state index in [0.717, 1.165) is 103 Å². The third-order valence-electron chi connectivity index (χ3n) is 20.0. The standard InChI is InChI=1S/C82H147NO18/c1-3-5-7-9-11-13-15-17-19-21-23-25-27-29-30-31-32-33-34-36-37-39-41-43-45-47-49-51-53-55-57-59-66(87)65(83-70(88)60-58-56-54-52-50-48-46-44-42-40-38-35-28-26-24-22-20-18-16-14-12-10-8-6-4-2)64-96-80-76(94)73(91)78(68(62-85)98-80)101-82-77(95)74(92)79(69(63-86)99-82)100-81-75(93)72(90)71(89)67(61-84)97-81/h6,8,12,14,18,20,24,26,35,38,42,44,65-69,71-82,84-87,89-95H,3-5,7,9-11,13,15-17,19,21-23,25,27-34,36-37,39-41,43,45-64H2,1-2H3,(H,83,88)/b8-6-,14-12-,20-18-,26-24-,38-35-,44-42-. The van der Waals surface area contributed by atoms with Gasteiger partial charge in [-0.3, -0.25) is 4.79 Å². The van der Waals surface area contributed by atoms with Gasteiger partial charge in [0.15, 0.2) is 18.9 Å².